The number of nitrogens with zero attached hydrogens (tertiary/aromatic N) is 1. The van der Waals surface area contributed by atoms with Crippen molar-refractivity contribution in [2.75, 3.05) is 32.8 Å². The quantitative estimate of drug-likeness (QED) is 0.709. The molecule has 0 bridgehead atoms. The third-order valence-electron chi connectivity index (χ3n) is 2.56. The van der Waals surface area contributed by atoms with Crippen molar-refractivity contribution in [3.05, 3.63) is 0 Å². The summed E-state index contributed by atoms with van der Waals surface area (Å²) in [5.74, 6) is 0.277. The first-order valence-corrected chi connectivity index (χ1v) is 5.32. The van der Waals surface area contributed by atoms with Gasteiger partial charge >= 0.3 is 0 Å². The summed E-state index contributed by atoms with van der Waals surface area (Å²) in [6.07, 6.45) is 1.72. The second kappa shape index (κ2) is 5.98. The first kappa shape index (κ1) is 11.5. The molecular formula is C10H20N2O2. The Labute approximate surface area is 85.4 Å². The second-order valence-corrected chi connectivity index (χ2v) is 3.77. The van der Waals surface area contributed by atoms with Crippen LogP contribution in [-0.4, -0.2) is 43.7 Å². The molecule has 1 heterocycles. The molecule has 0 aromatic carbocycles. The number of nitrogens with two attached hydrogens (primary N) is 1. The lowest BCUT2D eigenvalue weighted by molar-refractivity contribution is -0.135. The second-order valence-electron chi connectivity index (χ2n) is 3.77. The van der Waals surface area contributed by atoms with Gasteiger partial charge in [-0.05, 0) is 19.4 Å². The van der Waals surface area contributed by atoms with Crippen molar-refractivity contribution in [3.8, 4) is 0 Å². The first-order valence-electron chi connectivity index (χ1n) is 5.32. The number of rotatable bonds is 3. The van der Waals surface area contributed by atoms with Crippen molar-refractivity contribution in [1.82, 2.24) is 4.90 Å². The molecule has 1 fully saturated rings. The number of hydrogen-bond acceptors (Lipinski definition) is 3. The molecule has 82 valence electrons. The van der Waals surface area contributed by atoms with E-state index in [0.717, 1.165) is 32.5 Å². The van der Waals surface area contributed by atoms with Gasteiger partial charge in [0.05, 0.1) is 6.61 Å². The monoisotopic (exact) mass is 200 g/mol. The molecule has 1 aliphatic heterocycles. The molecule has 0 aromatic heterocycles. The van der Waals surface area contributed by atoms with Gasteiger partial charge in [0.25, 0.3) is 0 Å². The van der Waals surface area contributed by atoms with Crippen LogP contribution >= 0.6 is 0 Å². The van der Waals surface area contributed by atoms with E-state index in [1.165, 1.54) is 0 Å². The molecule has 0 aliphatic carbocycles. The van der Waals surface area contributed by atoms with Crippen LogP contribution in [0.1, 0.15) is 19.8 Å². The van der Waals surface area contributed by atoms with E-state index in [2.05, 4.69) is 0 Å². The third-order valence-corrected chi connectivity index (χ3v) is 2.56. The topological polar surface area (TPSA) is 55.6 Å². The van der Waals surface area contributed by atoms with Gasteiger partial charge in [0.15, 0.2) is 0 Å². The van der Waals surface area contributed by atoms with Crippen molar-refractivity contribution in [2.45, 2.75) is 19.8 Å². The lowest BCUT2D eigenvalue weighted by Crippen LogP contribution is -2.37. The van der Waals surface area contributed by atoms with Gasteiger partial charge < -0.3 is 15.4 Å². The average molecular weight is 200 g/mol. The molecule has 1 saturated heterocycles. The van der Waals surface area contributed by atoms with E-state index in [0.29, 0.717) is 13.2 Å². The summed E-state index contributed by atoms with van der Waals surface area (Å²) in [5.41, 5.74) is 5.43. The smallest absolute Gasteiger partial charge is 0.225 e. The van der Waals surface area contributed by atoms with Crippen LogP contribution in [-0.2, 0) is 9.53 Å². The van der Waals surface area contributed by atoms with Gasteiger partial charge in [0.2, 0.25) is 5.91 Å². The molecule has 0 aromatic rings. The van der Waals surface area contributed by atoms with Crippen LogP contribution in [0.25, 0.3) is 0 Å². The maximum absolute atomic E-state index is 11.9. The Balaban J connectivity index is 2.40. The van der Waals surface area contributed by atoms with Crippen LogP contribution in [0.5, 0.6) is 0 Å². The van der Waals surface area contributed by atoms with Crippen LogP contribution in [0.15, 0.2) is 0 Å². The predicted molar refractivity (Wildman–Crippen MR) is 54.9 cm³/mol. The molecular weight excluding hydrogens is 180 g/mol. The highest BCUT2D eigenvalue weighted by Gasteiger charge is 2.20. The summed E-state index contributed by atoms with van der Waals surface area (Å²) >= 11 is 0. The minimum atomic E-state index is 0.0538. The Morgan fingerprint density at radius 3 is 3.00 bits per heavy atom. The van der Waals surface area contributed by atoms with Crippen LogP contribution in [0, 0.1) is 5.92 Å². The molecule has 0 spiro atoms. The largest absolute Gasteiger partial charge is 0.380 e. The van der Waals surface area contributed by atoms with Gasteiger partial charge in [-0.3, -0.25) is 4.79 Å². The van der Waals surface area contributed by atoms with E-state index >= 15 is 0 Å². The summed E-state index contributed by atoms with van der Waals surface area (Å²) < 4.78 is 5.30. The molecule has 0 saturated carbocycles. The number of amides is 1. The van der Waals surface area contributed by atoms with Crippen molar-refractivity contribution in [2.24, 2.45) is 11.7 Å². The number of hydrogen-bond donors (Lipinski definition) is 1. The van der Waals surface area contributed by atoms with E-state index in [4.69, 9.17) is 10.5 Å². The maximum atomic E-state index is 11.9. The van der Waals surface area contributed by atoms with Gasteiger partial charge in [0.1, 0.15) is 0 Å². The van der Waals surface area contributed by atoms with Crippen molar-refractivity contribution < 1.29 is 9.53 Å². The Kier molecular flexibility index (Phi) is 4.90. The van der Waals surface area contributed by atoms with Crippen molar-refractivity contribution in [3.63, 3.8) is 0 Å². The minimum absolute atomic E-state index is 0.0538. The van der Waals surface area contributed by atoms with Crippen LogP contribution < -0.4 is 5.73 Å². The fourth-order valence-corrected chi connectivity index (χ4v) is 1.65. The maximum Gasteiger partial charge on any atom is 0.225 e. The zero-order chi connectivity index (χ0) is 10.4. The van der Waals surface area contributed by atoms with Gasteiger partial charge in [-0.25, -0.2) is 0 Å². The summed E-state index contributed by atoms with van der Waals surface area (Å²) in [5, 5.41) is 0. The molecule has 2 N–H and O–H groups in total. The molecule has 1 atom stereocenters. The molecule has 14 heavy (non-hydrogen) atoms. The average Bonchev–Trinajstić information content (AvgIpc) is 2.45. The Morgan fingerprint density at radius 2 is 2.29 bits per heavy atom. The standard InChI is InChI=1S/C10H20N2O2/c1-9(3-4-11)10(13)12-5-2-7-14-8-6-12/h9H,2-8,11H2,1H3. The highest BCUT2D eigenvalue weighted by atomic mass is 16.5. The van der Waals surface area contributed by atoms with Gasteiger partial charge in [0, 0.05) is 25.6 Å². The number of carbonyl (C=O) groups is 1. The number of ether oxygens (including phenoxy) is 1. The van der Waals surface area contributed by atoms with Gasteiger partial charge in [-0.2, -0.15) is 0 Å². The lowest BCUT2D eigenvalue weighted by atomic mass is 10.1. The molecule has 4 heteroatoms. The van der Waals surface area contributed by atoms with E-state index in [1.807, 2.05) is 11.8 Å². The third kappa shape index (κ3) is 3.27. The van der Waals surface area contributed by atoms with E-state index in [1.54, 1.807) is 0 Å². The number of carbonyl (C=O) groups excluding carboxylic acids is 1. The SMILES string of the molecule is CC(CCN)C(=O)N1CCCOCC1. The zero-order valence-electron chi connectivity index (χ0n) is 8.87. The van der Waals surface area contributed by atoms with E-state index in [-0.39, 0.29) is 11.8 Å². The van der Waals surface area contributed by atoms with E-state index < -0.39 is 0 Å². The molecule has 4 nitrogen and oxygen atoms in total. The predicted octanol–water partition coefficient (Wildman–Crippen LogP) is 0.220. The first-order chi connectivity index (χ1) is 6.75. The molecule has 1 aliphatic rings. The zero-order valence-corrected chi connectivity index (χ0v) is 8.87. The van der Waals surface area contributed by atoms with Gasteiger partial charge in [-0.15, -0.1) is 0 Å². The summed E-state index contributed by atoms with van der Waals surface area (Å²) in [4.78, 5) is 13.8. The molecule has 1 rings (SSSR count). The van der Waals surface area contributed by atoms with Crippen molar-refractivity contribution in [1.29, 1.82) is 0 Å². The molecule has 0 radical (unpaired) electrons. The van der Waals surface area contributed by atoms with Crippen molar-refractivity contribution >= 4 is 5.91 Å². The molecule has 1 amide bonds. The summed E-state index contributed by atoms with van der Waals surface area (Å²) in [6, 6.07) is 0. The Morgan fingerprint density at radius 1 is 1.50 bits per heavy atom. The fraction of sp³-hybridized carbons (Fsp3) is 0.900. The van der Waals surface area contributed by atoms with E-state index in [9.17, 15) is 4.79 Å². The fourth-order valence-electron chi connectivity index (χ4n) is 1.65. The van der Waals surface area contributed by atoms with Crippen LogP contribution in [0.3, 0.4) is 0 Å². The van der Waals surface area contributed by atoms with Crippen LogP contribution in [0.4, 0.5) is 0 Å². The molecule has 1 unspecified atom stereocenters. The lowest BCUT2D eigenvalue weighted by Gasteiger charge is -2.23. The van der Waals surface area contributed by atoms with Gasteiger partial charge in [-0.1, -0.05) is 6.92 Å². The summed E-state index contributed by atoms with van der Waals surface area (Å²) in [7, 11) is 0. The Bertz CT molecular complexity index is 177. The Hall–Kier alpha value is -0.610. The highest BCUT2D eigenvalue weighted by molar-refractivity contribution is 5.78. The normalized spacial score (nSPS) is 20.3. The highest BCUT2D eigenvalue weighted by Crippen LogP contribution is 2.08. The minimum Gasteiger partial charge on any atom is -0.380 e. The summed E-state index contributed by atoms with van der Waals surface area (Å²) in [6.45, 7) is 5.52. The van der Waals surface area contributed by atoms with Crippen LogP contribution in [0.2, 0.25) is 0 Å².